The summed E-state index contributed by atoms with van der Waals surface area (Å²) in [4.78, 5) is 14.2. The Bertz CT molecular complexity index is 703. The Labute approximate surface area is 113 Å². The lowest BCUT2D eigenvalue weighted by Crippen LogP contribution is -2.03. The van der Waals surface area contributed by atoms with E-state index in [0.29, 0.717) is 5.75 Å². The third-order valence-corrected chi connectivity index (χ3v) is 2.52. The Hall–Kier alpha value is -3.15. The zero-order valence-electron chi connectivity index (χ0n) is 10.6. The zero-order valence-corrected chi connectivity index (χ0v) is 10.6. The standard InChI is InChI=1S/C11H9N5O4/c1-19-9-3-7(15-6-13-11(5-12)14-15)8(16(17)18)4-10(9)20-2/h3-4,6H,1-2H3. The van der Waals surface area contributed by atoms with Gasteiger partial charge in [0.15, 0.2) is 11.5 Å². The van der Waals surface area contributed by atoms with E-state index in [1.54, 1.807) is 6.07 Å². The minimum atomic E-state index is -0.578. The molecule has 1 aromatic heterocycles. The van der Waals surface area contributed by atoms with Crippen LogP contribution in [0.4, 0.5) is 5.69 Å². The lowest BCUT2D eigenvalue weighted by molar-refractivity contribution is -0.384. The van der Waals surface area contributed by atoms with Crippen LogP contribution in [0.5, 0.6) is 11.5 Å². The van der Waals surface area contributed by atoms with Gasteiger partial charge in [0.05, 0.1) is 25.2 Å². The van der Waals surface area contributed by atoms with Gasteiger partial charge in [-0.25, -0.2) is 9.67 Å². The maximum absolute atomic E-state index is 11.1. The second kappa shape index (κ2) is 5.23. The van der Waals surface area contributed by atoms with Crippen molar-refractivity contribution in [1.29, 1.82) is 5.26 Å². The van der Waals surface area contributed by atoms with Crippen molar-refractivity contribution in [2.75, 3.05) is 14.2 Å². The lowest BCUT2D eigenvalue weighted by atomic mass is 10.2. The van der Waals surface area contributed by atoms with Crippen LogP contribution in [0.2, 0.25) is 0 Å². The number of nitro benzene ring substituents is 1. The number of nitrogens with zero attached hydrogens (tertiary/aromatic N) is 5. The minimum absolute atomic E-state index is 0.0888. The van der Waals surface area contributed by atoms with Crippen molar-refractivity contribution in [2.24, 2.45) is 0 Å². The van der Waals surface area contributed by atoms with Crippen molar-refractivity contribution in [1.82, 2.24) is 14.8 Å². The van der Waals surface area contributed by atoms with E-state index in [2.05, 4.69) is 10.1 Å². The van der Waals surface area contributed by atoms with Crippen LogP contribution < -0.4 is 9.47 Å². The molecule has 0 N–H and O–H groups in total. The van der Waals surface area contributed by atoms with Gasteiger partial charge in [-0.1, -0.05) is 0 Å². The van der Waals surface area contributed by atoms with Crippen LogP contribution in [0, 0.1) is 21.4 Å². The maximum atomic E-state index is 11.1. The quantitative estimate of drug-likeness (QED) is 0.605. The van der Waals surface area contributed by atoms with Gasteiger partial charge in [0.1, 0.15) is 18.1 Å². The van der Waals surface area contributed by atoms with Gasteiger partial charge in [0, 0.05) is 6.07 Å². The van der Waals surface area contributed by atoms with Gasteiger partial charge in [-0.3, -0.25) is 10.1 Å². The molecule has 1 aromatic carbocycles. The summed E-state index contributed by atoms with van der Waals surface area (Å²) in [6, 6.07) is 4.37. The fourth-order valence-corrected chi connectivity index (χ4v) is 1.62. The monoisotopic (exact) mass is 275 g/mol. The van der Waals surface area contributed by atoms with Crippen molar-refractivity contribution in [2.45, 2.75) is 0 Å². The van der Waals surface area contributed by atoms with Crippen LogP contribution in [0.1, 0.15) is 5.82 Å². The third kappa shape index (κ3) is 2.22. The van der Waals surface area contributed by atoms with E-state index in [0.717, 1.165) is 4.68 Å². The molecular weight excluding hydrogens is 266 g/mol. The molecule has 0 bridgehead atoms. The minimum Gasteiger partial charge on any atom is -0.493 e. The van der Waals surface area contributed by atoms with Crippen LogP contribution in [0.25, 0.3) is 5.69 Å². The van der Waals surface area contributed by atoms with Gasteiger partial charge >= 0.3 is 0 Å². The van der Waals surface area contributed by atoms with Crippen LogP contribution in [0.15, 0.2) is 18.5 Å². The summed E-state index contributed by atoms with van der Waals surface area (Å²) in [6.45, 7) is 0. The fraction of sp³-hybridized carbons (Fsp3) is 0.182. The van der Waals surface area contributed by atoms with E-state index in [1.165, 1.54) is 32.7 Å². The molecule has 1 heterocycles. The van der Waals surface area contributed by atoms with E-state index in [4.69, 9.17) is 14.7 Å². The Balaban J connectivity index is 2.66. The molecule has 20 heavy (non-hydrogen) atoms. The summed E-state index contributed by atoms with van der Waals surface area (Å²) < 4.78 is 11.2. The molecule has 102 valence electrons. The Morgan fingerprint density at radius 2 is 2.00 bits per heavy atom. The molecule has 0 atom stereocenters. The molecule has 9 nitrogen and oxygen atoms in total. The summed E-state index contributed by atoms with van der Waals surface area (Å²) in [7, 11) is 2.79. The summed E-state index contributed by atoms with van der Waals surface area (Å²) in [5.41, 5.74) is -0.112. The van der Waals surface area contributed by atoms with E-state index in [9.17, 15) is 10.1 Å². The molecule has 9 heteroatoms. The second-order valence-corrected chi connectivity index (χ2v) is 3.58. The van der Waals surface area contributed by atoms with Crippen LogP contribution in [-0.2, 0) is 0 Å². The average molecular weight is 275 g/mol. The van der Waals surface area contributed by atoms with Crippen molar-refractivity contribution >= 4 is 5.69 Å². The number of aromatic nitrogens is 3. The molecule has 0 unspecified atom stereocenters. The SMILES string of the molecule is COc1cc(-n2cnc(C#N)n2)c([N+](=O)[O-])cc1OC. The van der Waals surface area contributed by atoms with Crippen molar-refractivity contribution < 1.29 is 14.4 Å². The Morgan fingerprint density at radius 3 is 2.50 bits per heavy atom. The molecule has 0 aliphatic rings. The normalized spacial score (nSPS) is 9.85. The molecule has 0 aliphatic carbocycles. The maximum Gasteiger partial charge on any atom is 0.298 e. The van der Waals surface area contributed by atoms with Crippen LogP contribution >= 0.6 is 0 Å². The Kier molecular flexibility index (Phi) is 3.47. The average Bonchev–Trinajstić information content (AvgIpc) is 2.94. The molecule has 0 radical (unpaired) electrons. The van der Waals surface area contributed by atoms with E-state index in [-0.39, 0.29) is 22.9 Å². The predicted molar refractivity (Wildman–Crippen MR) is 65.8 cm³/mol. The highest BCUT2D eigenvalue weighted by Crippen LogP contribution is 2.36. The number of hydrogen-bond donors (Lipinski definition) is 0. The van der Waals surface area contributed by atoms with Gasteiger partial charge in [-0.05, 0) is 0 Å². The molecule has 2 rings (SSSR count). The molecule has 2 aromatic rings. The number of benzene rings is 1. The number of methoxy groups -OCH3 is 2. The van der Waals surface area contributed by atoms with Gasteiger partial charge < -0.3 is 9.47 Å². The van der Waals surface area contributed by atoms with Crippen molar-refractivity contribution in [3.8, 4) is 23.3 Å². The molecule has 0 aliphatic heterocycles. The Morgan fingerprint density at radius 1 is 1.35 bits per heavy atom. The van der Waals surface area contributed by atoms with E-state index < -0.39 is 4.92 Å². The fourth-order valence-electron chi connectivity index (χ4n) is 1.62. The van der Waals surface area contributed by atoms with Gasteiger partial charge in [-0.2, -0.15) is 5.26 Å². The number of nitro groups is 1. The highest BCUT2D eigenvalue weighted by atomic mass is 16.6. The first kappa shape index (κ1) is 13.3. The number of nitriles is 1. The topological polar surface area (TPSA) is 116 Å². The summed E-state index contributed by atoms with van der Waals surface area (Å²) in [6.07, 6.45) is 1.22. The predicted octanol–water partition coefficient (Wildman–Crippen LogP) is 1.06. The zero-order chi connectivity index (χ0) is 14.7. The number of ether oxygens (including phenoxy) is 2. The molecular formula is C11H9N5O4. The summed E-state index contributed by atoms with van der Waals surface area (Å²) in [5, 5.41) is 23.6. The van der Waals surface area contributed by atoms with E-state index in [1.807, 2.05) is 0 Å². The first-order valence-electron chi connectivity index (χ1n) is 5.33. The largest absolute Gasteiger partial charge is 0.493 e. The first-order valence-corrected chi connectivity index (χ1v) is 5.33. The van der Waals surface area contributed by atoms with Crippen LogP contribution in [0.3, 0.4) is 0 Å². The smallest absolute Gasteiger partial charge is 0.298 e. The van der Waals surface area contributed by atoms with Gasteiger partial charge in [-0.15, -0.1) is 5.10 Å². The molecule has 0 fully saturated rings. The number of hydrogen-bond acceptors (Lipinski definition) is 7. The van der Waals surface area contributed by atoms with Gasteiger partial charge in [0.25, 0.3) is 11.5 Å². The van der Waals surface area contributed by atoms with E-state index >= 15 is 0 Å². The van der Waals surface area contributed by atoms with Crippen LogP contribution in [-0.4, -0.2) is 33.9 Å². The molecule has 0 saturated carbocycles. The second-order valence-electron chi connectivity index (χ2n) is 3.58. The molecule has 0 amide bonds. The van der Waals surface area contributed by atoms with Gasteiger partial charge in [0.2, 0.25) is 0 Å². The number of rotatable bonds is 4. The van der Waals surface area contributed by atoms with Crippen molar-refractivity contribution in [3.63, 3.8) is 0 Å². The lowest BCUT2D eigenvalue weighted by Gasteiger charge is -2.10. The van der Waals surface area contributed by atoms with Crippen molar-refractivity contribution in [3.05, 3.63) is 34.4 Å². The summed E-state index contributed by atoms with van der Waals surface area (Å²) in [5.74, 6) is 0.444. The third-order valence-electron chi connectivity index (χ3n) is 2.52. The molecule has 0 spiro atoms. The highest BCUT2D eigenvalue weighted by molar-refractivity contribution is 5.61. The highest BCUT2D eigenvalue weighted by Gasteiger charge is 2.21. The summed E-state index contributed by atoms with van der Waals surface area (Å²) >= 11 is 0. The molecule has 0 saturated heterocycles. The first-order chi connectivity index (χ1) is 9.60.